The van der Waals surface area contributed by atoms with Crippen molar-refractivity contribution in [1.82, 2.24) is 10.6 Å². The van der Waals surface area contributed by atoms with Gasteiger partial charge < -0.3 is 15.4 Å². The van der Waals surface area contributed by atoms with E-state index >= 15 is 0 Å². The average molecular weight is 345 g/mol. The zero-order valence-corrected chi connectivity index (χ0v) is 14.0. The number of nitrogens with one attached hydrogen (secondary N) is 2. The fourth-order valence-corrected chi connectivity index (χ4v) is 2.02. The largest absolute Gasteiger partial charge is 0.390 e. The number of hydrogen-bond acceptors (Lipinski definition) is 2. The molecule has 0 atom stereocenters. The highest BCUT2D eigenvalue weighted by atomic mass is 19.4. The smallest absolute Gasteiger partial charge is 0.381 e. The topological polar surface area (TPSA) is 45.7 Å². The average Bonchev–Trinajstić information content (AvgIpc) is 2.55. The fourth-order valence-electron chi connectivity index (χ4n) is 2.02. The standard InChI is InChI=1S/C17H26F3N3O/c1-21-16(23-12-10-17(18,19)20)22-11-5-6-13-24-14-9-15-7-3-2-4-8-15/h2-4,7-8H,5-6,9-14H2,1H3,(H2,21,22,23). The van der Waals surface area contributed by atoms with Gasteiger partial charge in [0.1, 0.15) is 0 Å². The van der Waals surface area contributed by atoms with Crippen LogP contribution in [-0.2, 0) is 11.2 Å². The van der Waals surface area contributed by atoms with Gasteiger partial charge in [-0.2, -0.15) is 13.2 Å². The predicted octanol–water partition coefficient (Wildman–Crippen LogP) is 3.14. The summed E-state index contributed by atoms with van der Waals surface area (Å²) < 4.78 is 41.7. The van der Waals surface area contributed by atoms with Crippen LogP contribution in [0.5, 0.6) is 0 Å². The normalized spacial score (nSPS) is 12.2. The first-order chi connectivity index (χ1) is 11.5. The Balaban J connectivity index is 1.96. The van der Waals surface area contributed by atoms with Gasteiger partial charge in [-0.05, 0) is 24.8 Å². The lowest BCUT2D eigenvalue weighted by Crippen LogP contribution is -2.39. The molecule has 0 bridgehead atoms. The lowest BCUT2D eigenvalue weighted by atomic mass is 10.2. The number of benzene rings is 1. The minimum atomic E-state index is -4.15. The predicted molar refractivity (Wildman–Crippen MR) is 90.2 cm³/mol. The van der Waals surface area contributed by atoms with Gasteiger partial charge >= 0.3 is 6.18 Å². The van der Waals surface area contributed by atoms with E-state index in [2.05, 4.69) is 27.8 Å². The third-order valence-electron chi connectivity index (χ3n) is 3.31. The molecule has 4 nitrogen and oxygen atoms in total. The highest BCUT2D eigenvalue weighted by molar-refractivity contribution is 5.79. The number of guanidine groups is 1. The maximum absolute atomic E-state index is 12.1. The summed E-state index contributed by atoms with van der Waals surface area (Å²) in [4.78, 5) is 3.88. The van der Waals surface area contributed by atoms with Crippen molar-refractivity contribution in [2.45, 2.75) is 31.9 Å². The minimum Gasteiger partial charge on any atom is -0.381 e. The van der Waals surface area contributed by atoms with Gasteiger partial charge in [-0.25, -0.2) is 0 Å². The van der Waals surface area contributed by atoms with Crippen molar-refractivity contribution in [2.24, 2.45) is 4.99 Å². The maximum atomic E-state index is 12.1. The van der Waals surface area contributed by atoms with Crippen LogP contribution < -0.4 is 10.6 Å². The van der Waals surface area contributed by atoms with Crippen molar-refractivity contribution in [1.29, 1.82) is 0 Å². The Kier molecular flexibility index (Phi) is 9.91. The molecule has 1 aromatic rings. The second-order valence-corrected chi connectivity index (χ2v) is 5.35. The summed E-state index contributed by atoms with van der Waals surface area (Å²) in [5, 5.41) is 5.63. The molecule has 0 radical (unpaired) electrons. The highest BCUT2D eigenvalue weighted by Crippen LogP contribution is 2.17. The van der Waals surface area contributed by atoms with E-state index in [4.69, 9.17) is 4.74 Å². The Morgan fingerprint density at radius 1 is 1.04 bits per heavy atom. The Bertz CT molecular complexity index is 464. The molecule has 0 spiro atoms. The molecule has 24 heavy (non-hydrogen) atoms. The lowest BCUT2D eigenvalue weighted by molar-refractivity contribution is -0.132. The second-order valence-electron chi connectivity index (χ2n) is 5.35. The van der Waals surface area contributed by atoms with Gasteiger partial charge in [-0.1, -0.05) is 30.3 Å². The summed E-state index contributed by atoms with van der Waals surface area (Å²) in [7, 11) is 1.54. The Morgan fingerprint density at radius 2 is 1.75 bits per heavy atom. The van der Waals surface area contributed by atoms with E-state index in [1.54, 1.807) is 0 Å². The van der Waals surface area contributed by atoms with E-state index in [1.165, 1.54) is 12.6 Å². The van der Waals surface area contributed by atoms with Crippen LogP contribution in [0.3, 0.4) is 0 Å². The molecular weight excluding hydrogens is 319 g/mol. The zero-order chi connectivity index (χ0) is 17.7. The molecule has 1 rings (SSSR count). The van der Waals surface area contributed by atoms with E-state index in [-0.39, 0.29) is 6.54 Å². The highest BCUT2D eigenvalue weighted by Gasteiger charge is 2.26. The SMILES string of the molecule is CN=C(NCCCCOCCc1ccccc1)NCCC(F)(F)F. The molecular formula is C17H26F3N3O. The van der Waals surface area contributed by atoms with Crippen molar-refractivity contribution < 1.29 is 17.9 Å². The summed E-state index contributed by atoms with van der Waals surface area (Å²) in [6.45, 7) is 1.84. The van der Waals surface area contributed by atoms with Crippen LogP contribution in [-0.4, -0.2) is 45.5 Å². The number of ether oxygens (including phenoxy) is 1. The number of rotatable bonds is 10. The molecule has 0 fully saturated rings. The molecule has 0 aromatic heterocycles. The number of alkyl halides is 3. The third-order valence-corrected chi connectivity index (χ3v) is 3.31. The van der Waals surface area contributed by atoms with Crippen LogP contribution in [0.4, 0.5) is 13.2 Å². The molecule has 0 unspecified atom stereocenters. The third kappa shape index (κ3) is 10.9. The van der Waals surface area contributed by atoms with Gasteiger partial charge in [0.2, 0.25) is 0 Å². The minimum absolute atomic E-state index is 0.175. The molecule has 0 heterocycles. The summed E-state index contributed by atoms with van der Waals surface area (Å²) >= 11 is 0. The Hall–Kier alpha value is -1.76. The summed E-state index contributed by atoms with van der Waals surface area (Å²) in [5.41, 5.74) is 1.26. The van der Waals surface area contributed by atoms with E-state index in [9.17, 15) is 13.2 Å². The molecule has 7 heteroatoms. The molecule has 136 valence electrons. The number of halogens is 3. The first-order valence-electron chi connectivity index (χ1n) is 8.14. The van der Waals surface area contributed by atoms with Crippen molar-refractivity contribution in [3.05, 3.63) is 35.9 Å². The van der Waals surface area contributed by atoms with Gasteiger partial charge in [0.05, 0.1) is 13.0 Å². The van der Waals surface area contributed by atoms with Gasteiger partial charge in [-0.15, -0.1) is 0 Å². The molecule has 0 saturated carbocycles. The molecule has 1 aromatic carbocycles. The molecule has 0 aliphatic rings. The molecule has 0 aliphatic carbocycles. The Morgan fingerprint density at radius 3 is 2.42 bits per heavy atom. The fraction of sp³-hybridized carbons (Fsp3) is 0.588. The number of unbranched alkanes of at least 4 members (excludes halogenated alkanes) is 1. The van der Waals surface area contributed by atoms with E-state index < -0.39 is 12.6 Å². The van der Waals surface area contributed by atoms with Gasteiger partial charge in [-0.3, -0.25) is 4.99 Å². The van der Waals surface area contributed by atoms with Gasteiger partial charge in [0.25, 0.3) is 0 Å². The number of aliphatic imine (C=N–C) groups is 1. The zero-order valence-electron chi connectivity index (χ0n) is 14.0. The van der Waals surface area contributed by atoms with Crippen molar-refractivity contribution >= 4 is 5.96 Å². The first kappa shape index (κ1) is 20.3. The van der Waals surface area contributed by atoms with Crippen LogP contribution in [0.25, 0.3) is 0 Å². The molecule has 0 aliphatic heterocycles. The van der Waals surface area contributed by atoms with E-state index in [1.807, 2.05) is 18.2 Å². The second kappa shape index (κ2) is 11.7. The molecule has 2 N–H and O–H groups in total. The van der Waals surface area contributed by atoms with Crippen LogP contribution >= 0.6 is 0 Å². The van der Waals surface area contributed by atoms with E-state index in [0.717, 1.165) is 19.3 Å². The summed E-state index contributed by atoms with van der Waals surface area (Å²) in [5.74, 6) is 0.393. The molecule has 0 saturated heterocycles. The van der Waals surface area contributed by atoms with Crippen molar-refractivity contribution in [2.75, 3.05) is 33.4 Å². The van der Waals surface area contributed by atoms with Crippen LogP contribution in [0.2, 0.25) is 0 Å². The number of nitrogens with zero attached hydrogens (tertiary/aromatic N) is 1. The van der Waals surface area contributed by atoms with Crippen LogP contribution in [0.15, 0.2) is 35.3 Å². The summed E-state index contributed by atoms with van der Waals surface area (Å²) in [6.07, 6.45) is -2.37. The van der Waals surface area contributed by atoms with Crippen molar-refractivity contribution in [3.8, 4) is 0 Å². The Labute approximate surface area is 141 Å². The molecule has 0 amide bonds. The monoisotopic (exact) mass is 345 g/mol. The maximum Gasteiger partial charge on any atom is 0.390 e. The van der Waals surface area contributed by atoms with Crippen molar-refractivity contribution in [3.63, 3.8) is 0 Å². The van der Waals surface area contributed by atoms with Gasteiger partial charge in [0, 0.05) is 26.7 Å². The van der Waals surface area contributed by atoms with Crippen LogP contribution in [0, 0.1) is 0 Å². The van der Waals surface area contributed by atoms with Gasteiger partial charge in [0.15, 0.2) is 5.96 Å². The number of hydrogen-bond donors (Lipinski definition) is 2. The van der Waals surface area contributed by atoms with Crippen LogP contribution in [0.1, 0.15) is 24.8 Å². The summed E-state index contributed by atoms with van der Waals surface area (Å²) in [6, 6.07) is 10.2. The lowest BCUT2D eigenvalue weighted by Gasteiger charge is -2.12. The first-order valence-corrected chi connectivity index (χ1v) is 8.14. The van der Waals surface area contributed by atoms with E-state index in [0.29, 0.717) is 25.7 Å². The quantitative estimate of drug-likeness (QED) is 0.389.